The third-order valence-electron chi connectivity index (χ3n) is 2.26. The Kier molecular flexibility index (Phi) is 3.89. The zero-order valence-electron chi connectivity index (χ0n) is 9.23. The molecule has 0 atom stereocenters. The van der Waals surface area contributed by atoms with Crippen molar-refractivity contribution in [3.8, 4) is 0 Å². The van der Waals surface area contributed by atoms with E-state index in [-0.39, 0.29) is 10.9 Å². The lowest BCUT2D eigenvalue weighted by Gasteiger charge is -2.21. The highest BCUT2D eigenvalue weighted by Gasteiger charge is 2.30. The van der Waals surface area contributed by atoms with Crippen LogP contribution in [0.25, 0.3) is 0 Å². The second-order valence-corrected chi connectivity index (χ2v) is 4.31. The normalized spacial score (nSPS) is 10.9. The van der Waals surface area contributed by atoms with Crippen LogP contribution >= 0.6 is 12.2 Å². The summed E-state index contributed by atoms with van der Waals surface area (Å²) in [5.41, 5.74) is 5.38. The van der Waals surface area contributed by atoms with Crippen molar-refractivity contribution in [1.29, 1.82) is 0 Å². The van der Waals surface area contributed by atoms with Crippen LogP contribution in [0.5, 0.6) is 0 Å². The smallest absolute Gasteiger partial charge is 0.232 e. The van der Waals surface area contributed by atoms with E-state index in [1.54, 1.807) is 26.1 Å². The minimum Gasteiger partial charge on any atom is -0.392 e. The van der Waals surface area contributed by atoms with Crippen molar-refractivity contribution in [2.75, 3.05) is 0 Å². The molecular formula is C10H14N4OS. The fourth-order valence-electron chi connectivity index (χ4n) is 0.926. The molecule has 1 aromatic heterocycles. The van der Waals surface area contributed by atoms with Crippen molar-refractivity contribution in [1.82, 2.24) is 15.3 Å². The molecule has 0 radical (unpaired) electrons. The molecule has 16 heavy (non-hydrogen) atoms. The minimum absolute atomic E-state index is 0.174. The average Bonchev–Trinajstić information content (AvgIpc) is 2.27. The first-order valence-corrected chi connectivity index (χ1v) is 5.18. The molecule has 5 nitrogen and oxygen atoms in total. The first-order valence-electron chi connectivity index (χ1n) is 4.77. The van der Waals surface area contributed by atoms with Crippen LogP contribution in [0.1, 0.15) is 19.5 Å². The number of rotatable bonds is 4. The van der Waals surface area contributed by atoms with E-state index < -0.39 is 5.41 Å². The quantitative estimate of drug-likeness (QED) is 0.742. The van der Waals surface area contributed by atoms with Crippen LogP contribution in [0.2, 0.25) is 0 Å². The van der Waals surface area contributed by atoms with Gasteiger partial charge in [0.1, 0.15) is 6.33 Å². The van der Waals surface area contributed by atoms with Crippen molar-refractivity contribution >= 4 is 23.1 Å². The highest BCUT2D eigenvalue weighted by molar-refractivity contribution is 7.80. The predicted octanol–water partition coefficient (Wildman–Crippen LogP) is 0.405. The zero-order chi connectivity index (χ0) is 12.2. The number of hydrogen-bond acceptors (Lipinski definition) is 4. The molecule has 0 aliphatic heterocycles. The highest BCUT2D eigenvalue weighted by Crippen LogP contribution is 2.15. The molecule has 1 amide bonds. The van der Waals surface area contributed by atoms with Gasteiger partial charge in [0.2, 0.25) is 5.91 Å². The summed E-state index contributed by atoms with van der Waals surface area (Å²) in [4.78, 5) is 19.7. The number of nitrogens with zero attached hydrogens (tertiary/aromatic N) is 2. The minimum atomic E-state index is -0.845. The molecule has 0 aromatic carbocycles. The van der Waals surface area contributed by atoms with E-state index in [0.29, 0.717) is 6.54 Å². The Balaban J connectivity index is 2.57. The lowest BCUT2D eigenvalue weighted by molar-refractivity contribution is -0.126. The Hall–Kier alpha value is -1.56. The molecule has 0 unspecified atom stereocenters. The average molecular weight is 238 g/mol. The maximum atomic E-state index is 11.8. The summed E-state index contributed by atoms with van der Waals surface area (Å²) < 4.78 is 0. The van der Waals surface area contributed by atoms with Crippen LogP contribution in [0, 0.1) is 5.41 Å². The van der Waals surface area contributed by atoms with Gasteiger partial charge in [0.05, 0.1) is 22.6 Å². The molecule has 1 aromatic rings. The molecule has 0 fully saturated rings. The molecule has 6 heteroatoms. The van der Waals surface area contributed by atoms with Gasteiger partial charge in [-0.05, 0) is 19.9 Å². The largest absolute Gasteiger partial charge is 0.392 e. The van der Waals surface area contributed by atoms with E-state index in [1.807, 2.05) is 0 Å². The first-order chi connectivity index (χ1) is 7.44. The third kappa shape index (κ3) is 2.96. The van der Waals surface area contributed by atoms with Gasteiger partial charge in [-0.25, -0.2) is 9.97 Å². The summed E-state index contributed by atoms with van der Waals surface area (Å²) in [6.07, 6.45) is 3.05. The molecule has 0 saturated heterocycles. The second-order valence-electron chi connectivity index (χ2n) is 3.87. The number of amides is 1. The van der Waals surface area contributed by atoms with Crippen LogP contribution in [0.15, 0.2) is 18.6 Å². The topological polar surface area (TPSA) is 80.9 Å². The number of carbonyl (C=O) groups excluding carboxylic acids is 1. The molecule has 0 aliphatic carbocycles. The maximum absolute atomic E-state index is 11.8. The number of carbonyl (C=O) groups is 1. The van der Waals surface area contributed by atoms with E-state index in [4.69, 9.17) is 18.0 Å². The van der Waals surface area contributed by atoms with Crippen LogP contribution in [-0.4, -0.2) is 20.9 Å². The van der Waals surface area contributed by atoms with Gasteiger partial charge < -0.3 is 11.1 Å². The molecule has 86 valence electrons. The molecule has 3 N–H and O–H groups in total. The summed E-state index contributed by atoms with van der Waals surface area (Å²) in [6, 6.07) is 1.73. The summed E-state index contributed by atoms with van der Waals surface area (Å²) in [5.74, 6) is -0.210. The number of nitrogens with two attached hydrogens (primary N) is 1. The summed E-state index contributed by atoms with van der Waals surface area (Å²) in [5, 5.41) is 2.72. The lowest BCUT2D eigenvalue weighted by Crippen LogP contribution is -2.44. The molecule has 0 spiro atoms. The van der Waals surface area contributed by atoms with E-state index in [9.17, 15) is 4.79 Å². The monoisotopic (exact) mass is 238 g/mol. The van der Waals surface area contributed by atoms with Crippen molar-refractivity contribution in [2.24, 2.45) is 11.1 Å². The molecule has 1 heterocycles. The fourth-order valence-corrected chi connectivity index (χ4v) is 1.02. The Bertz CT molecular complexity index is 391. The molecule has 0 bridgehead atoms. The fraction of sp³-hybridized carbons (Fsp3) is 0.400. The van der Waals surface area contributed by atoms with Gasteiger partial charge in [-0.2, -0.15) is 0 Å². The van der Waals surface area contributed by atoms with E-state index >= 15 is 0 Å². The first kappa shape index (κ1) is 12.5. The molecule has 0 saturated carbocycles. The van der Waals surface area contributed by atoms with Gasteiger partial charge in [-0.3, -0.25) is 4.79 Å². The van der Waals surface area contributed by atoms with Gasteiger partial charge in [-0.15, -0.1) is 0 Å². The molecular weight excluding hydrogens is 224 g/mol. The number of hydrogen-bond donors (Lipinski definition) is 2. The lowest BCUT2D eigenvalue weighted by atomic mass is 9.92. The summed E-state index contributed by atoms with van der Waals surface area (Å²) in [6.45, 7) is 3.71. The van der Waals surface area contributed by atoms with Crippen LogP contribution in [-0.2, 0) is 11.3 Å². The number of thiocarbonyl (C=S) groups is 1. The maximum Gasteiger partial charge on any atom is 0.232 e. The van der Waals surface area contributed by atoms with Crippen LogP contribution in [0.3, 0.4) is 0 Å². The van der Waals surface area contributed by atoms with Gasteiger partial charge in [0, 0.05) is 6.20 Å². The predicted molar refractivity (Wildman–Crippen MR) is 64.4 cm³/mol. The van der Waals surface area contributed by atoms with Crippen molar-refractivity contribution < 1.29 is 4.79 Å². The highest BCUT2D eigenvalue weighted by atomic mass is 32.1. The van der Waals surface area contributed by atoms with Crippen molar-refractivity contribution in [3.05, 3.63) is 24.3 Å². The number of nitrogens with one attached hydrogen (secondary N) is 1. The molecule has 1 rings (SSSR count). The van der Waals surface area contributed by atoms with E-state index in [0.717, 1.165) is 5.69 Å². The van der Waals surface area contributed by atoms with Gasteiger partial charge in [-0.1, -0.05) is 12.2 Å². The van der Waals surface area contributed by atoms with Gasteiger partial charge in [0.15, 0.2) is 0 Å². The second kappa shape index (κ2) is 4.98. The van der Waals surface area contributed by atoms with Crippen LogP contribution in [0.4, 0.5) is 0 Å². The summed E-state index contributed by atoms with van der Waals surface area (Å²) >= 11 is 4.83. The summed E-state index contributed by atoms with van der Waals surface area (Å²) in [7, 11) is 0. The Morgan fingerprint density at radius 1 is 1.62 bits per heavy atom. The molecule has 0 aliphatic rings. The Labute approximate surface area is 99.5 Å². The Morgan fingerprint density at radius 3 is 2.81 bits per heavy atom. The SMILES string of the molecule is CC(C)(C(=O)NCc1ccncn1)C(N)=S. The standard InChI is InChI=1S/C10H14N4OS/c1-10(2,8(11)16)9(15)13-5-7-3-4-12-6-14-7/h3-4,6H,5H2,1-2H3,(H2,11,16)(H,13,15). The number of aromatic nitrogens is 2. The van der Waals surface area contributed by atoms with Crippen LogP contribution < -0.4 is 11.1 Å². The van der Waals surface area contributed by atoms with Crippen molar-refractivity contribution in [2.45, 2.75) is 20.4 Å². The van der Waals surface area contributed by atoms with Crippen molar-refractivity contribution in [3.63, 3.8) is 0 Å². The van der Waals surface area contributed by atoms with Gasteiger partial charge in [0.25, 0.3) is 0 Å². The third-order valence-corrected chi connectivity index (χ3v) is 2.77. The Morgan fingerprint density at radius 2 is 2.31 bits per heavy atom. The zero-order valence-corrected chi connectivity index (χ0v) is 10.0. The van der Waals surface area contributed by atoms with Gasteiger partial charge >= 0.3 is 0 Å². The van der Waals surface area contributed by atoms with E-state index in [2.05, 4.69) is 15.3 Å². The van der Waals surface area contributed by atoms with E-state index in [1.165, 1.54) is 6.33 Å².